The van der Waals surface area contributed by atoms with Crippen LogP contribution in [-0.2, 0) is 4.74 Å². The van der Waals surface area contributed by atoms with Crippen molar-refractivity contribution in [2.45, 2.75) is 12.5 Å². The molecule has 1 atom stereocenters. The summed E-state index contributed by atoms with van der Waals surface area (Å²) in [5.41, 5.74) is 0.869. The molecule has 0 aliphatic carbocycles. The molecule has 0 saturated carbocycles. The Kier molecular flexibility index (Phi) is 4.99. The third kappa shape index (κ3) is 3.45. The van der Waals surface area contributed by atoms with Crippen LogP contribution in [0.1, 0.15) is 18.1 Å². The van der Waals surface area contributed by atoms with Gasteiger partial charge < -0.3 is 14.6 Å². The fraction of sp³-hybridized carbons (Fsp3) is 0.571. The second-order valence-electron chi connectivity index (χ2n) is 4.50. The van der Waals surface area contributed by atoms with Crippen LogP contribution in [0.4, 0.5) is 0 Å². The zero-order valence-corrected chi connectivity index (χ0v) is 10.8. The van der Waals surface area contributed by atoms with E-state index in [9.17, 15) is 5.11 Å². The average molecular weight is 251 g/mol. The van der Waals surface area contributed by atoms with E-state index in [-0.39, 0.29) is 0 Å². The van der Waals surface area contributed by atoms with E-state index in [1.807, 2.05) is 24.3 Å². The van der Waals surface area contributed by atoms with Gasteiger partial charge in [0, 0.05) is 25.2 Å². The highest BCUT2D eigenvalue weighted by atomic mass is 16.5. The summed E-state index contributed by atoms with van der Waals surface area (Å²) in [4.78, 5) is 2.32. The van der Waals surface area contributed by atoms with Crippen molar-refractivity contribution in [1.82, 2.24) is 4.90 Å². The Bertz CT molecular complexity index is 364. The highest BCUT2D eigenvalue weighted by molar-refractivity contribution is 5.34. The van der Waals surface area contributed by atoms with E-state index in [0.717, 1.165) is 50.6 Å². The van der Waals surface area contributed by atoms with Crippen LogP contribution in [0, 0.1) is 0 Å². The summed E-state index contributed by atoms with van der Waals surface area (Å²) in [5, 5.41) is 10.2. The summed E-state index contributed by atoms with van der Waals surface area (Å²) in [5.74, 6) is 0.756. The quantitative estimate of drug-likeness (QED) is 0.860. The van der Waals surface area contributed by atoms with Crippen LogP contribution in [0.2, 0.25) is 0 Å². The van der Waals surface area contributed by atoms with Crippen molar-refractivity contribution in [2.75, 3.05) is 40.0 Å². The molecule has 1 aromatic rings. The van der Waals surface area contributed by atoms with Crippen molar-refractivity contribution in [3.05, 3.63) is 29.8 Å². The van der Waals surface area contributed by atoms with E-state index in [1.54, 1.807) is 7.11 Å². The summed E-state index contributed by atoms with van der Waals surface area (Å²) < 4.78 is 10.6. The van der Waals surface area contributed by atoms with Crippen LogP contribution in [-0.4, -0.2) is 50.0 Å². The first-order chi connectivity index (χ1) is 8.81. The highest BCUT2D eigenvalue weighted by Crippen LogP contribution is 2.26. The SMILES string of the molecule is COc1ccccc1C(O)CCN1CCOCC1. The molecule has 0 amide bonds. The molecule has 1 aliphatic heterocycles. The van der Waals surface area contributed by atoms with Crippen molar-refractivity contribution in [2.24, 2.45) is 0 Å². The molecule has 18 heavy (non-hydrogen) atoms. The predicted octanol–water partition coefficient (Wildman–Crippen LogP) is 1.45. The normalized spacial score (nSPS) is 18.6. The third-order valence-electron chi connectivity index (χ3n) is 3.32. The lowest BCUT2D eigenvalue weighted by atomic mass is 10.1. The Labute approximate surface area is 108 Å². The number of para-hydroxylation sites is 1. The van der Waals surface area contributed by atoms with Crippen molar-refractivity contribution in [3.8, 4) is 5.75 Å². The summed E-state index contributed by atoms with van der Waals surface area (Å²) in [6.45, 7) is 4.40. The molecule has 1 fully saturated rings. The van der Waals surface area contributed by atoms with E-state index in [1.165, 1.54) is 0 Å². The van der Waals surface area contributed by atoms with Gasteiger partial charge in [0.05, 0.1) is 26.4 Å². The Hall–Kier alpha value is -1.10. The van der Waals surface area contributed by atoms with Gasteiger partial charge in [-0.25, -0.2) is 0 Å². The van der Waals surface area contributed by atoms with Crippen molar-refractivity contribution in [1.29, 1.82) is 0 Å². The van der Waals surface area contributed by atoms with Gasteiger partial charge in [-0.2, -0.15) is 0 Å². The number of hydrogen-bond acceptors (Lipinski definition) is 4. The van der Waals surface area contributed by atoms with Crippen LogP contribution in [0.5, 0.6) is 5.75 Å². The largest absolute Gasteiger partial charge is 0.496 e. The van der Waals surface area contributed by atoms with Crippen LogP contribution >= 0.6 is 0 Å². The van der Waals surface area contributed by atoms with Gasteiger partial charge in [0.2, 0.25) is 0 Å². The smallest absolute Gasteiger partial charge is 0.124 e. The molecule has 1 aromatic carbocycles. The number of hydrogen-bond donors (Lipinski definition) is 1. The first kappa shape index (κ1) is 13.3. The zero-order chi connectivity index (χ0) is 12.8. The summed E-state index contributed by atoms with van der Waals surface area (Å²) in [6, 6.07) is 7.64. The van der Waals surface area contributed by atoms with Gasteiger partial charge in [-0.1, -0.05) is 18.2 Å². The van der Waals surface area contributed by atoms with Crippen molar-refractivity contribution < 1.29 is 14.6 Å². The zero-order valence-electron chi connectivity index (χ0n) is 10.8. The predicted molar refractivity (Wildman–Crippen MR) is 69.8 cm³/mol. The fourth-order valence-electron chi connectivity index (χ4n) is 2.23. The molecule has 2 rings (SSSR count). The molecule has 4 nitrogen and oxygen atoms in total. The van der Waals surface area contributed by atoms with Crippen LogP contribution in [0.25, 0.3) is 0 Å². The maximum absolute atomic E-state index is 10.2. The molecule has 1 unspecified atom stereocenters. The van der Waals surface area contributed by atoms with E-state index in [2.05, 4.69) is 4.90 Å². The number of aliphatic hydroxyl groups is 1. The van der Waals surface area contributed by atoms with Gasteiger partial charge in [-0.3, -0.25) is 4.90 Å². The minimum atomic E-state index is -0.469. The van der Waals surface area contributed by atoms with E-state index >= 15 is 0 Å². The summed E-state index contributed by atoms with van der Waals surface area (Å²) >= 11 is 0. The molecule has 1 saturated heterocycles. The molecule has 1 aliphatic rings. The van der Waals surface area contributed by atoms with Gasteiger partial charge >= 0.3 is 0 Å². The molecular weight excluding hydrogens is 230 g/mol. The number of morpholine rings is 1. The molecule has 0 radical (unpaired) electrons. The van der Waals surface area contributed by atoms with Gasteiger partial charge in [0.1, 0.15) is 5.75 Å². The topological polar surface area (TPSA) is 41.9 Å². The second kappa shape index (κ2) is 6.73. The second-order valence-corrected chi connectivity index (χ2v) is 4.50. The number of aliphatic hydroxyl groups excluding tert-OH is 1. The molecule has 0 bridgehead atoms. The number of methoxy groups -OCH3 is 1. The Morgan fingerprint density at radius 1 is 1.33 bits per heavy atom. The molecule has 100 valence electrons. The first-order valence-electron chi connectivity index (χ1n) is 6.42. The van der Waals surface area contributed by atoms with Gasteiger partial charge in [-0.05, 0) is 12.5 Å². The Morgan fingerprint density at radius 3 is 2.78 bits per heavy atom. The highest BCUT2D eigenvalue weighted by Gasteiger charge is 2.16. The van der Waals surface area contributed by atoms with Crippen LogP contribution < -0.4 is 4.74 Å². The van der Waals surface area contributed by atoms with E-state index in [0.29, 0.717) is 0 Å². The Morgan fingerprint density at radius 2 is 2.06 bits per heavy atom. The minimum Gasteiger partial charge on any atom is -0.496 e. The average Bonchev–Trinajstić information content (AvgIpc) is 2.45. The first-order valence-corrected chi connectivity index (χ1v) is 6.42. The maximum atomic E-state index is 10.2. The molecule has 1 N–H and O–H groups in total. The lowest BCUT2D eigenvalue weighted by Crippen LogP contribution is -2.37. The number of benzene rings is 1. The van der Waals surface area contributed by atoms with E-state index in [4.69, 9.17) is 9.47 Å². The molecule has 0 aromatic heterocycles. The monoisotopic (exact) mass is 251 g/mol. The van der Waals surface area contributed by atoms with Crippen molar-refractivity contribution in [3.63, 3.8) is 0 Å². The minimum absolute atomic E-state index is 0.469. The summed E-state index contributed by atoms with van der Waals surface area (Å²) in [7, 11) is 1.63. The van der Waals surface area contributed by atoms with Gasteiger partial charge in [0.15, 0.2) is 0 Å². The van der Waals surface area contributed by atoms with Gasteiger partial charge in [-0.15, -0.1) is 0 Å². The van der Waals surface area contributed by atoms with E-state index < -0.39 is 6.10 Å². The fourth-order valence-corrected chi connectivity index (χ4v) is 2.23. The molecule has 1 heterocycles. The van der Waals surface area contributed by atoms with Crippen molar-refractivity contribution >= 4 is 0 Å². The summed E-state index contributed by atoms with van der Waals surface area (Å²) in [6.07, 6.45) is 0.254. The molecule has 0 spiro atoms. The lowest BCUT2D eigenvalue weighted by molar-refractivity contribution is 0.0299. The molecular formula is C14H21NO3. The van der Waals surface area contributed by atoms with Crippen LogP contribution in [0.15, 0.2) is 24.3 Å². The lowest BCUT2D eigenvalue weighted by Gasteiger charge is -2.27. The number of ether oxygens (including phenoxy) is 2. The third-order valence-corrected chi connectivity index (χ3v) is 3.32. The number of nitrogens with zero attached hydrogens (tertiary/aromatic N) is 1. The maximum Gasteiger partial charge on any atom is 0.124 e. The standard InChI is InChI=1S/C14H21NO3/c1-17-14-5-3-2-4-12(14)13(16)6-7-15-8-10-18-11-9-15/h2-5,13,16H,6-11H2,1H3. The number of rotatable bonds is 5. The Balaban J connectivity index is 1.88. The molecule has 4 heteroatoms. The van der Waals surface area contributed by atoms with Gasteiger partial charge in [0.25, 0.3) is 0 Å². The van der Waals surface area contributed by atoms with Crippen LogP contribution in [0.3, 0.4) is 0 Å².